The van der Waals surface area contributed by atoms with E-state index >= 15 is 0 Å². The topological polar surface area (TPSA) is 142 Å². The van der Waals surface area contributed by atoms with Crippen LogP contribution in [0.4, 0.5) is 32.2 Å². The van der Waals surface area contributed by atoms with Crippen molar-refractivity contribution < 1.29 is 44.3 Å². The molecule has 0 aliphatic carbocycles. The summed E-state index contributed by atoms with van der Waals surface area (Å²) in [6, 6.07) is 5.99. The van der Waals surface area contributed by atoms with E-state index in [1.807, 2.05) is 0 Å². The van der Waals surface area contributed by atoms with Crippen LogP contribution in [-0.4, -0.2) is 44.0 Å². The molecule has 0 bridgehead atoms. The van der Waals surface area contributed by atoms with E-state index in [2.05, 4.69) is 9.97 Å². The van der Waals surface area contributed by atoms with Gasteiger partial charge in [0.25, 0.3) is 15.9 Å². The van der Waals surface area contributed by atoms with Gasteiger partial charge < -0.3 is 15.4 Å². The minimum atomic E-state index is -5.02. The summed E-state index contributed by atoms with van der Waals surface area (Å²) in [5.41, 5.74) is 1.91. The predicted octanol–water partition coefficient (Wildman–Crippen LogP) is 3.51. The number of sulfonamides is 1. The summed E-state index contributed by atoms with van der Waals surface area (Å²) in [4.78, 5) is 21.4. The van der Waals surface area contributed by atoms with Crippen molar-refractivity contribution in [1.82, 2.24) is 9.97 Å². The highest BCUT2D eigenvalue weighted by atomic mass is 32.2. The Morgan fingerprint density at radius 3 is 2.26 bits per heavy atom. The molecule has 1 fully saturated rings. The smallest absolute Gasteiger partial charge is 0.370 e. The number of amides is 1. The van der Waals surface area contributed by atoms with E-state index in [-0.39, 0.29) is 31.1 Å². The fourth-order valence-corrected chi connectivity index (χ4v) is 4.64. The SMILES string of the molecule is NC(=O)c1c(N2CCOC(c3ccc(C(F)(F)F)cc3)C2)ncc(C(F)(F)F)c1-c1ccnc(S(N)(=O)=O)c1. The molecule has 3 aromatic rings. The number of rotatable bonds is 5. The minimum absolute atomic E-state index is 0.00719. The zero-order chi connectivity index (χ0) is 28.8. The average Bonchev–Trinajstić information content (AvgIpc) is 2.86. The highest BCUT2D eigenvalue weighted by molar-refractivity contribution is 7.89. The van der Waals surface area contributed by atoms with Gasteiger partial charge in [-0.05, 0) is 35.4 Å². The van der Waals surface area contributed by atoms with E-state index < -0.39 is 61.7 Å². The standard InChI is InChI=1S/C23H19F6N5O4S/c24-22(25,26)14-3-1-12(2-4-14)16-11-34(7-8-38-16)21-19(20(30)35)18(15(10-33-21)23(27,28)29)13-5-6-32-17(9-13)39(31,36)37/h1-6,9-10,16H,7-8,11H2,(H2,30,35)(H2,31,36,37). The molecule has 1 aliphatic heterocycles. The van der Waals surface area contributed by atoms with Crippen LogP contribution in [0.5, 0.6) is 0 Å². The summed E-state index contributed by atoms with van der Waals surface area (Å²) >= 11 is 0. The Bertz CT molecular complexity index is 1510. The van der Waals surface area contributed by atoms with Gasteiger partial charge in [0, 0.05) is 31.0 Å². The first-order valence-corrected chi connectivity index (χ1v) is 12.5. The molecular weight excluding hydrogens is 556 g/mol. The molecule has 9 nitrogen and oxygen atoms in total. The maximum absolute atomic E-state index is 14.0. The minimum Gasteiger partial charge on any atom is -0.370 e. The van der Waals surface area contributed by atoms with Crippen LogP contribution in [0.25, 0.3) is 11.1 Å². The Labute approximate surface area is 217 Å². The van der Waals surface area contributed by atoms with Crippen LogP contribution in [-0.2, 0) is 27.1 Å². The number of morpholine rings is 1. The van der Waals surface area contributed by atoms with Gasteiger partial charge in [0.2, 0.25) is 0 Å². The summed E-state index contributed by atoms with van der Waals surface area (Å²) < 4.78 is 110. The lowest BCUT2D eigenvalue weighted by molar-refractivity contribution is -0.138. The van der Waals surface area contributed by atoms with Crippen LogP contribution < -0.4 is 15.8 Å². The Morgan fingerprint density at radius 1 is 1.03 bits per heavy atom. The zero-order valence-electron chi connectivity index (χ0n) is 19.6. The van der Waals surface area contributed by atoms with Crippen LogP contribution in [0.3, 0.4) is 0 Å². The maximum atomic E-state index is 14.0. The molecule has 0 radical (unpaired) electrons. The van der Waals surface area contributed by atoms with Gasteiger partial charge >= 0.3 is 12.4 Å². The molecule has 3 heterocycles. The third-order valence-corrected chi connectivity index (χ3v) is 6.71. The third kappa shape index (κ3) is 5.97. The number of ether oxygens (including phenoxy) is 1. The Kier molecular flexibility index (Phi) is 7.31. The van der Waals surface area contributed by atoms with E-state index in [1.165, 1.54) is 17.0 Å². The summed E-state index contributed by atoms with van der Waals surface area (Å²) in [6.45, 7) is -0.0526. The molecule has 0 saturated carbocycles. The second-order valence-electron chi connectivity index (χ2n) is 8.46. The van der Waals surface area contributed by atoms with E-state index in [9.17, 15) is 39.6 Å². The van der Waals surface area contributed by atoms with Crippen molar-refractivity contribution in [2.45, 2.75) is 23.5 Å². The number of alkyl halides is 6. The molecule has 1 amide bonds. The molecule has 4 N–H and O–H groups in total. The maximum Gasteiger partial charge on any atom is 0.418 e. The first kappa shape index (κ1) is 28.3. The van der Waals surface area contributed by atoms with Crippen molar-refractivity contribution in [2.24, 2.45) is 10.9 Å². The number of nitrogens with zero attached hydrogens (tertiary/aromatic N) is 3. The molecule has 1 unspecified atom stereocenters. The lowest BCUT2D eigenvalue weighted by Crippen LogP contribution is -2.40. The summed E-state index contributed by atoms with van der Waals surface area (Å²) in [6.07, 6.45) is -9.00. The number of hydrogen-bond acceptors (Lipinski definition) is 7. The highest BCUT2D eigenvalue weighted by Gasteiger charge is 2.39. The number of benzene rings is 1. The molecule has 1 saturated heterocycles. The van der Waals surface area contributed by atoms with E-state index in [0.29, 0.717) is 11.8 Å². The van der Waals surface area contributed by atoms with E-state index in [1.54, 1.807) is 0 Å². The molecule has 2 aromatic heterocycles. The van der Waals surface area contributed by atoms with Crippen LogP contribution in [0, 0.1) is 0 Å². The van der Waals surface area contributed by atoms with Crippen LogP contribution in [0.15, 0.2) is 53.8 Å². The van der Waals surface area contributed by atoms with Gasteiger partial charge in [-0.1, -0.05) is 12.1 Å². The van der Waals surface area contributed by atoms with Crippen molar-refractivity contribution in [1.29, 1.82) is 0 Å². The molecule has 4 rings (SSSR count). The van der Waals surface area contributed by atoms with Crippen LogP contribution in [0.2, 0.25) is 0 Å². The zero-order valence-corrected chi connectivity index (χ0v) is 20.4. The quantitative estimate of drug-likeness (QED) is 0.444. The first-order valence-electron chi connectivity index (χ1n) is 11.0. The monoisotopic (exact) mass is 575 g/mol. The van der Waals surface area contributed by atoms with Gasteiger partial charge in [-0.25, -0.2) is 23.5 Å². The van der Waals surface area contributed by atoms with Gasteiger partial charge in [-0.15, -0.1) is 0 Å². The van der Waals surface area contributed by atoms with Crippen molar-refractivity contribution in [3.8, 4) is 11.1 Å². The number of carbonyl (C=O) groups is 1. The molecular formula is C23H19F6N5O4S. The number of aromatic nitrogens is 2. The fourth-order valence-electron chi connectivity index (χ4n) is 4.14. The lowest BCUT2D eigenvalue weighted by Gasteiger charge is -2.35. The normalized spacial score (nSPS) is 16.8. The van der Waals surface area contributed by atoms with E-state index in [0.717, 1.165) is 30.5 Å². The lowest BCUT2D eigenvalue weighted by atomic mass is 9.95. The summed E-state index contributed by atoms with van der Waals surface area (Å²) in [5.74, 6) is -1.54. The number of anilines is 1. The number of primary sulfonamides is 1. The number of carbonyl (C=O) groups excluding carboxylic acids is 1. The number of nitrogens with two attached hydrogens (primary N) is 2. The van der Waals surface area contributed by atoms with Gasteiger partial charge in [-0.3, -0.25) is 4.79 Å². The molecule has 1 atom stereocenters. The molecule has 16 heteroatoms. The number of pyridine rings is 2. The molecule has 1 aromatic carbocycles. The van der Waals surface area contributed by atoms with Gasteiger partial charge in [0.15, 0.2) is 5.03 Å². The Morgan fingerprint density at radius 2 is 1.69 bits per heavy atom. The summed E-state index contributed by atoms with van der Waals surface area (Å²) in [5, 5.41) is 4.33. The van der Waals surface area contributed by atoms with Crippen molar-refractivity contribution >= 4 is 21.7 Å². The van der Waals surface area contributed by atoms with Crippen molar-refractivity contribution in [3.63, 3.8) is 0 Å². The van der Waals surface area contributed by atoms with Crippen LogP contribution >= 0.6 is 0 Å². The molecule has 0 spiro atoms. The van der Waals surface area contributed by atoms with Crippen molar-refractivity contribution in [2.75, 3.05) is 24.6 Å². The van der Waals surface area contributed by atoms with Gasteiger partial charge in [0.05, 0.1) is 23.3 Å². The fraction of sp³-hybridized carbons (Fsp3) is 0.261. The number of primary amides is 1. The summed E-state index contributed by atoms with van der Waals surface area (Å²) in [7, 11) is -4.42. The average molecular weight is 575 g/mol. The van der Waals surface area contributed by atoms with Gasteiger partial charge in [0.1, 0.15) is 11.9 Å². The van der Waals surface area contributed by atoms with E-state index in [4.69, 9.17) is 15.6 Å². The number of hydrogen-bond donors (Lipinski definition) is 2. The molecule has 208 valence electrons. The molecule has 39 heavy (non-hydrogen) atoms. The van der Waals surface area contributed by atoms with Crippen LogP contribution in [0.1, 0.15) is 33.2 Å². The largest absolute Gasteiger partial charge is 0.418 e. The Hall–Kier alpha value is -3.76. The second-order valence-corrected chi connectivity index (χ2v) is 9.97. The van der Waals surface area contributed by atoms with Gasteiger partial charge in [-0.2, -0.15) is 26.3 Å². The third-order valence-electron chi connectivity index (χ3n) is 5.90. The van der Waals surface area contributed by atoms with Crippen molar-refractivity contribution in [3.05, 3.63) is 71.0 Å². The second kappa shape index (κ2) is 10.1. The predicted molar refractivity (Wildman–Crippen MR) is 125 cm³/mol. The number of halogens is 6. The first-order chi connectivity index (χ1) is 18.1. The molecule has 1 aliphatic rings. The Balaban J connectivity index is 1.83. The highest BCUT2D eigenvalue weighted by Crippen LogP contribution is 2.42.